The van der Waals surface area contributed by atoms with Crippen molar-refractivity contribution >= 4 is 11.8 Å². The van der Waals surface area contributed by atoms with Crippen LogP contribution in [0.3, 0.4) is 0 Å². The normalized spacial score (nSPS) is 11.6. The van der Waals surface area contributed by atoms with Crippen LogP contribution in [0.1, 0.15) is 56.7 Å². The lowest BCUT2D eigenvalue weighted by Crippen LogP contribution is -2.50. The van der Waals surface area contributed by atoms with Crippen LogP contribution in [-0.4, -0.2) is 35.9 Å². The second-order valence-electron chi connectivity index (χ2n) is 7.86. The molecule has 0 saturated heterocycles. The predicted molar refractivity (Wildman–Crippen MR) is 125 cm³/mol. The highest BCUT2D eigenvalue weighted by molar-refractivity contribution is 5.88. The zero-order valence-electron chi connectivity index (χ0n) is 19.3. The first-order valence-corrected chi connectivity index (χ1v) is 11.3. The van der Waals surface area contributed by atoms with E-state index in [1.165, 1.54) is 5.56 Å². The molecular formula is C26H36N2O3. The molecule has 0 aromatic heterocycles. The van der Waals surface area contributed by atoms with Gasteiger partial charge < -0.3 is 15.0 Å². The number of aryl methyl sites for hydroxylation is 2. The minimum absolute atomic E-state index is 0.101. The number of carbonyl (C=O) groups excluding carboxylic acids is 2. The highest BCUT2D eigenvalue weighted by Gasteiger charge is 2.28. The van der Waals surface area contributed by atoms with Gasteiger partial charge in [0.15, 0.2) is 6.61 Å². The number of unbranched alkanes of at least 4 members (excludes halogenated alkanes) is 1. The standard InChI is InChI=1S/C26H36N2O3/c1-5-8-17-27-26(30)24(7-3)28(18-22-11-9-20(4)10-12-22)25(29)19-31-23-15-13-21(6-2)14-16-23/h9-16,24H,5-8,17-19H2,1-4H3,(H,27,30)/t24-/m1/s1. The van der Waals surface area contributed by atoms with Crippen LogP contribution in [0.5, 0.6) is 5.75 Å². The average Bonchev–Trinajstić information content (AvgIpc) is 2.79. The Hall–Kier alpha value is -2.82. The van der Waals surface area contributed by atoms with Crippen LogP contribution in [0.15, 0.2) is 48.5 Å². The third kappa shape index (κ3) is 7.74. The molecule has 0 aliphatic rings. The molecule has 0 heterocycles. The molecule has 0 unspecified atom stereocenters. The van der Waals surface area contributed by atoms with Gasteiger partial charge in [0.25, 0.3) is 5.91 Å². The monoisotopic (exact) mass is 424 g/mol. The number of hydrogen-bond acceptors (Lipinski definition) is 3. The maximum Gasteiger partial charge on any atom is 0.261 e. The van der Waals surface area contributed by atoms with Crippen LogP contribution in [0, 0.1) is 6.92 Å². The molecule has 0 bridgehead atoms. The summed E-state index contributed by atoms with van der Waals surface area (Å²) >= 11 is 0. The molecule has 0 saturated carbocycles. The van der Waals surface area contributed by atoms with Gasteiger partial charge in [0.1, 0.15) is 11.8 Å². The zero-order chi connectivity index (χ0) is 22.6. The molecule has 0 fully saturated rings. The summed E-state index contributed by atoms with van der Waals surface area (Å²) in [5.74, 6) is 0.350. The van der Waals surface area contributed by atoms with Crippen molar-refractivity contribution in [2.75, 3.05) is 13.2 Å². The number of rotatable bonds is 12. The van der Waals surface area contributed by atoms with Gasteiger partial charge in [-0.25, -0.2) is 0 Å². The fourth-order valence-electron chi connectivity index (χ4n) is 3.37. The second kappa shape index (κ2) is 12.8. The van der Waals surface area contributed by atoms with Crippen molar-refractivity contribution in [3.8, 4) is 5.75 Å². The van der Waals surface area contributed by atoms with Crippen molar-refractivity contribution in [2.45, 2.75) is 66.0 Å². The van der Waals surface area contributed by atoms with E-state index in [1.807, 2.05) is 62.4 Å². The summed E-state index contributed by atoms with van der Waals surface area (Å²) in [4.78, 5) is 27.7. The fourth-order valence-corrected chi connectivity index (χ4v) is 3.37. The molecule has 1 N–H and O–H groups in total. The first kappa shape index (κ1) is 24.4. The van der Waals surface area contributed by atoms with Crippen LogP contribution in [0.4, 0.5) is 0 Å². The molecular weight excluding hydrogens is 388 g/mol. The first-order valence-electron chi connectivity index (χ1n) is 11.3. The van der Waals surface area contributed by atoms with Gasteiger partial charge in [0.2, 0.25) is 5.91 Å². The van der Waals surface area contributed by atoms with Gasteiger partial charge in [-0.2, -0.15) is 0 Å². The maximum atomic E-state index is 13.2. The summed E-state index contributed by atoms with van der Waals surface area (Å²) in [6, 6.07) is 15.3. The molecule has 2 rings (SSSR count). The van der Waals surface area contributed by atoms with Crippen LogP contribution in [0.2, 0.25) is 0 Å². The second-order valence-corrected chi connectivity index (χ2v) is 7.86. The minimum atomic E-state index is -0.531. The maximum absolute atomic E-state index is 13.2. The Labute approximate surface area is 186 Å². The number of benzene rings is 2. The Morgan fingerprint density at radius 3 is 2.19 bits per heavy atom. The lowest BCUT2D eigenvalue weighted by molar-refractivity contribution is -0.143. The molecule has 168 valence electrons. The van der Waals surface area contributed by atoms with E-state index >= 15 is 0 Å². The predicted octanol–water partition coefficient (Wildman–Crippen LogP) is 4.66. The van der Waals surface area contributed by atoms with Gasteiger partial charge in [-0.05, 0) is 49.4 Å². The van der Waals surface area contributed by atoms with Crippen LogP contribution in [-0.2, 0) is 22.6 Å². The number of carbonyl (C=O) groups is 2. The number of nitrogens with one attached hydrogen (secondary N) is 1. The van der Waals surface area contributed by atoms with Gasteiger partial charge in [0, 0.05) is 13.1 Å². The summed E-state index contributed by atoms with van der Waals surface area (Å²) in [5.41, 5.74) is 3.37. The van der Waals surface area contributed by atoms with Gasteiger partial charge in [-0.3, -0.25) is 9.59 Å². The highest BCUT2D eigenvalue weighted by atomic mass is 16.5. The quantitative estimate of drug-likeness (QED) is 0.504. The van der Waals surface area contributed by atoms with E-state index in [-0.39, 0.29) is 18.4 Å². The molecule has 2 amide bonds. The molecule has 2 aromatic carbocycles. The smallest absolute Gasteiger partial charge is 0.261 e. The lowest BCUT2D eigenvalue weighted by Gasteiger charge is -2.30. The third-order valence-electron chi connectivity index (χ3n) is 5.38. The van der Waals surface area contributed by atoms with E-state index in [4.69, 9.17) is 4.74 Å². The van der Waals surface area contributed by atoms with Crippen molar-refractivity contribution in [2.24, 2.45) is 0 Å². The Kier molecular flexibility index (Phi) is 10.1. The Bertz CT molecular complexity index is 816. The molecule has 31 heavy (non-hydrogen) atoms. The van der Waals surface area contributed by atoms with Crippen molar-refractivity contribution in [1.29, 1.82) is 0 Å². The fraction of sp³-hybridized carbons (Fsp3) is 0.462. The molecule has 1 atom stereocenters. The van der Waals surface area contributed by atoms with Crippen molar-refractivity contribution in [3.63, 3.8) is 0 Å². The molecule has 0 aliphatic heterocycles. The summed E-state index contributed by atoms with van der Waals surface area (Å²) in [5, 5.41) is 2.98. The van der Waals surface area contributed by atoms with E-state index in [0.717, 1.165) is 30.4 Å². The van der Waals surface area contributed by atoms with Gasteiger partial charge in [-0.15, -0.1) is 0 Å². The summed E-state index contributed by atoms with van der Waals surface area (Å²) in [6.07, 6.45) is 3.42. The van der Waals surface area contributed by atoms with E-state index in [9.17, 15) is 9.59 Å². The molecule has 0 aliphatic carbocycles. The molecule has 0 radical (unpaired) electrons. The SMILES string of the molecule is CCCCNC(=O)[C@@H](CC)N(Cc1ccc(C)cc1)C(=O)COc1ccc(CC)cc1. The average molecular weight is 425 g/mol. The summed E-state index contributed by atoms with van der Waals surface area (Å²) in [7, 11) is 0. The largest absolute Gasteiger partial charge is 0.484 e. The van der Waals surface area contributed by atoms with Crippen LogP contribution >= 0.6 is 0 Å². The van der Waals surface area contributed by atoms with E-state index < -0.39 is 6.04 Å². The Morgan fingerprint density at radius 1 is 0.968 bits per heavy atom. The van der Waals surface area contributed by atoms with Crippen LogP contribution in [0.25, 0.3) is 0 Å². The molecule has 0 spiro atoms. The van der Waals surface area contributed by atoms with E-state index in [1.54, 1.807) is 4.90 Å². The van der Waals surface area contributed by atoms with Gasteiger partial charge in [-0.1, -0.05) is 69.2 Å². The Morgan fingerprint density at radius 2 is 1.61 bits per heavy atom. The lowest BCUT2D eigenvalue weighted by atomic mass is 10.1. The van der Waals surface area contributed by atoms with E-state index in [2.05, 4.69) is 19.2 Å². The minimum Gasteiger partial charge on any atom is -0.484 e. The van der Waals surface area contributed by atoms with Crippen molar-refractivity contribution in [1.82, 2.24) is 10.2 Å². The zero-order valence-corrected chi connectivity index (χ0v) is 19.3. The molecule has 2 aromatic rings. The topological polar surface area (TPSA) is 58.6 Å². The third-order valence-corrected chi connectivity index (χ3v) is 5.38. The van der Waals surface area contributed by atoms with Crippen LogP contribution < -0.4 is 10.1 Å². The van der Waals surface area contributed by atoms with Crippen molar-refractivity contribution < 1.29 is 14.3 Å². The molecule has 5 heteroatoms. The summed E-state index contributed by atoms with van der Waals surface area (Å²) < 4.78 is 5.76. The molecule has 5 nitrogen and oxygen atoms in total. The summed E-state index contributed by atoms with van der Waals surface area (Å²) in [6.45, 7) is 9.04. The van der Waals surface area contributed by atoms with Gasteiger partial charge in [0.05, 0.1) is 0 Å². The van der Waals surface area contributed by atoms with E-state index in [0.29, 0.717) is 25.3 Å². The number of amides is 2. The number of hydrogen-bond donors (Lipinski definition) is 1. The first-order chi connectivity index (χ1) is 15.0. The Balaban J connectivity index is 2.14. The number of nitrogens with zero attached hydrogens (tertiary/aromatic N) is 1. The number of ether oxygens (including phenoxy) is 1. The highest BCUT2D eigenvalue weighted by Crippen LogP contribution is 2.16. The van der Waals surface area contributed by atoms with Crippen molar-refractivity contribution in [3.05, 3.63) is 65.2 Å². The van der Waals surface area contributed by atoms with Gasteiger partial charge >= 0.3 is 0 Å².